The Labute approximate surface area is 100 Å². The monoisotopic (exact) mass is 240 g/mol. The minimum atomic E-state index is -1.06. The van der Waals surface area contributed by atoms with E-state index in [0.717, 1.165) is 5.56 Å². The Kier molecular flexibility index (Phi) is 3.52. The average Bonchev–Trinajstić information content (AvgIpc) is 2.36. The van der Waals surface area contributed by atoms with Crippen LogP contribution in [0.1, 0.15) is 37.1 Å². The molecule has 2 unspecified atom stereocenters. The fourth-order valence-corrected chi connectivity index (χ4v) is 1.90. The predicted octanol–water partition coefficient (Wildman–Crippen LogP) is 2.58. The van der Waals surface area contributed by atoms with Gasteiger partial charge in [-0.25, -0.2) is 4.39 Å². The summed E-state index contributed by atoms with van der Waals surface area (Å²) in [5, 5.41) is 9.23. The van der Waals surface area contributed by atoms with Gasteiger partial charge in [0.05, 0.1) is 0 Å². The molecule has 1 N–H and O–H groups in total. The lowest BCUT2D eigenvalue weighted by Crippen LogP contribution is -2.18. The largest absolute Gasteiger partial charge is 0.486 e. The highest BCUT2D eigenvalue weighted by Crippen LogP contribution is 2.40. The summed E-state index contributed by atoms with van der Waals surface area (Å²) in [6.07, 6.45) is -1.06. The van der Waals surface area contributed by atoms with Crippen LogP contribution in [0.4, 0.5) is 4.39 Å². The van der Waals surface area contributed by atoms with Crippen molar-refractivity contribution in [3.63, 3.8) is 0 Å². The summed E-state index contributed by atoms with van der Waals surface area (Å²) in [4.78, 5) is 0. The topological polar surface area (TPSA) is 38.7 Å². The molecule has 4 heteroatoms. The van der Waals surface area contributed by atoms with Crippen LogP contribution in [0.5, 0.6) is 11.5 Å². The Morgan fingerprint density at radius 2 is 2.00 bits per heavy atom. The van der Waals surface area contributed by atoms with Gasteiger partial charge in [-0.2, -0.15) is 0 Å². The zero-order valence-corrected chi connectivity index (χ0v) is 10.1. The van der Waals surface area contributed by atoms with Gasteiger partial charge in [0.25, 0.3) is 0 Å². The lowest BCUT2D eigenvalue weighted by atomic mass is 9.96. The number of rotatable bonds is 3. The van der Waals surface area contributed by atoms with Crippen molar-refractivity contribution < 1.29 is 19.0 Å². The van der Waals surface area contributed by atoms with Gasteiger partial charge in [-0.15, -0.1) is 0 Å². The zero-order valence-electron chi connectivity index (χ0n) is 10.1. The molecule has 1 aromatic rings. The highest BCUT2D eigenvalue weighted by atomic mass is 19.1. The lowest BCUT2D eigenvalue weighted by molar-refractivity contribution is 0.167. The van der Waals surface area contributed by atoms with Crippen LogP contribution in [-0.4, -0.2) is 24.9 Å². The molecular formula is C13H17FO3. The van der Waals surface area contributed by atoms with Crippen LogP contribution in [0.15, 0.2) is 12.1 Å². The van der Waals surface area contributed by atoms with E-state index in [1.165, 1.54) is 6.92 Å². The van der Waals surface area contributed by atoms with Crippen molar-refractivity contribution in [3.05, 3.63) is 23.3 Å². The van der Waals surface area contributed by atoms with Crippen molar-refractivity contribution in [1.29, 1.82) is 0 Å². The molecule has 94 valence electrons. The fraction of sp³-hybridized carbons (Fsp3) is 0.538. The first-order valence-corrected chi connectivity index (χ1v) is 5.82. The van der Waals surface area contributed by atoms with E-state index >= 15 is 0 Å². The second-order valence-corrected chi connectivity index (χ2v) is 4.33. The van der Waals surface area contributed by atoms with Gasteiger partial charge in [-0.05, 0) is 24.6 Å². The molecule has 3 nitrogen and oxygen atoms in total. The standard InChI is InChI=1S/C13H17FO3/c1-8(7-15)11-5-10(9(2)14)6-12-13(11)17-4-3-16-12/h5-6,8-9,15H,3-4,7H2,1-2H3. The smallest absolute Gasteiger partial charge is 0.164 e. The average molecular weight is 240 g/mol. The van der Waals surface area contributed by atoms with Crippen LogP contribution in [0.2, 0.25) is 0 Å². The summed E-state index contributed by atoms with van der Waals surface area (Å²) in [5.74, 6) is 1.12. The second-order valence-electron chi connectivity index (χ2n) is 4.33. The molecule has 0 spiro atoms. The van der Waals surface area contributed by atoms with Crippen LogP contribution < -0.4 is 9.47 Å². The normalized spacial score (nSPS) is 17.6. The van der Waals surface area contributed by atoms with Crippen molar-refractivity contribution in [3.8, 4) is 11.5 Å². The number of benzene rings is 1. The highest BCUT2D eigenvalue weighted by molar-refractivity contribution is 5.52. The van der Waals surface area contributed by atoms with Crippen molar-refractivity contribution in [2.24, 2.45) is 0 Å². The van der Waals surface area contributed by atoms with Gasteiger partial charge in [-0.1, -0.05) is 6.92 Å². The van der Waals surface area contributed by atoms with Gasteiger partial charge in [0, 0.05) is 18.1 Å². The van der Waals surface area contributed by atoms with Crippen molar-refractivity contribution in [2.75, 3.05) is 19.8 Å². The molecule has 0 radical (unpaired) electrons. The molecule has 0 saturated heterocycles. The third kappa shape index (κ3) is 2.36. The Balaban J connectivity index is 2.50. The molecule has 0 saturated carbocycles. The molecule has 0 aromatic heterocycles. The van der Waals surface area contributed by atoms with Crippen LogP contribution in [0.3, 0.4) is 0 Å². The molecule has 0 aliphatic carbocycles. The summed E-state index contributed by atoms with van der Waals surface area (Å²) < 4.78 is 24.4. The Morgan fingerprint density at radius 3 is 2.65 bits per heavy atom. The van der Waals surface area contributed by atoms with Gasteiger partial charge in [-0.3, -0.25) is 0 Å². The van der Waals surface area contributed by atoms with E-state index in [-0.39, 0.29) is 12.5 Å². The minimum absolute atomic E-state index is 0.0000794. The summed E-state index contributed by atoms with van der Waals surface area (Å²) >= 11 is 0. The number of hydrogen-bond donors (Lipinski definition) is 1. The molecule has 1 aliphatic rings. The quantitative estimate of drug-likeness (QED) is 0.882. The summed E-state index contributed by atoms with van der Waals surface area (Å²) in [7, 11) is 0. The maximum atomic E-state index is 13.4. The number of alkyl halides is 1. The van der Waals surface area contributed by atoms with E-state index in [1.54, 1.807) is 12.1 Å². The van der Waals surface area contributed by atoms with E-state index in [9.17, 15) is 9.50 Å². The zero-order chi connectivity index (χ0) is 12.4. The number of aliphatic hydroxyl groups is 1. The third-order valence-electron chi connectivity index (χ3n) is 2.96. The fourth-order valence-electron chi connectivity index (χ4n) is 1.90. The maximum Gasteiger partial charge on any atom is 0.164 e. The summed E-state index contributed by atoms with van der Waals surface area (Å²) in [6, 6.07) is 3.42. The number of fused-ring (bicyclic) bond motifs is 1. The number of hydrogen-bond acceptors (Lipinski definition) is 3. The Morgan fingerprint density at radius 1 is 1.29 bits per heavy atom. The highest BCUT2D eigenvalue weighted by Gasteiger charge is 2.22. The maximum absolute atomic E-state index is 13.4. The van der Waals surface area contributed by atoms with Gasteiger partial charge in [0.15, 0.2) is 11.5 Å². The predicted molar refractivity (Wildman–Crippen MR) is 62.5 cm³/mol. The van der Waals surface area contributed by atoms with Crippen molar-refractivity contribution in [2.45, 2.75) is 25.9 Å². The van der Waals surface area contributed by atoms with E-state index in [2.05, 4.69) is 0 Å². The first-order chi connectivity index (χ1) is 8.13. The Bertz CT molecular complexity index is 404. The van der Waals surface area contributed by atoms with Crippen LogP contribution in [0.25, 0.3) is 0 Å². The van der Waals surface area contributed by atoms with Crippen molar-refractivity contribution >= 4 is 0 Å². The SMILES string of the molecule is CC(F)c1cc2c(c(C(C)CO)c1)OCCO2. The van der Waals surface area contributed by atoms with Gasteiger partial charge >= 0.3 is 0 Å². The van der Waals surface area contributed by atoms with Gasteiger partial charge < -0.3 is 14.6 Å². The minimum Gasteiger partial charge on any atom is -0.486 e. The summed E-state index contributed by atoms with van der Waals surface area (Å²) in [6.45, 7) is 4.33. The first-order valence-electron chi connectivity index (χ1n) is 5.82. The van der Waals surface area contributed by atoms with E-state index < -0.39 is 6.17 Å². The summed E-state index contributed by atoms with van der Waals surface area (Å²) in [5.41, 5.74) is 1.37. The molecule has 0 fully saturated rings. The molecule has 0 amide bonds. The molecule has 1 aromatic carbocycles. The molecule has 2 atom stereocenters. The first kappa shape index (κ1) is 12.2. The molecular weight excluding hydrogens is 223 g/mol. The van der Waals surface area contributed by atoms with Crippen LogP contribution >= 0.6 is 0 Å². The van der Waals surface area contributed by atoms with Crippen LogP contribution in [-0.2, 0) is 0 Å². The second kappa shape index (κ2) is 4.92. The van der Waals surface area contributed by atoms with E-state index in [1.807, 2.05) is 6.92 Å². The molecule has 1 aliphatic heterocycles. The molecule has 2 rings (SSSR count). The van der Waals surface area contributed by atoms with Crippen molar-refractivity contribution in [1.82, 2.24) is 0 Å². The number of aliphatic hydroxyl groups excluding tert-OH is 1. The molecule has 0 bridgehead atoms. The number of halogens is 1. The van der Waals surface area contributed by atoms with Gasteiger partial charge in [0.2, 0.25) is 0 Å². The lowest BCUT2D eigenvalue weighted by Gasteiger charge is -2.24. The van der Waals surface area contributed by atoms with E-state index in [0.29, 0.717) is 30.3 Å². The number of ether oxygens (including phenoxy) is 2. The Hall–Kier alpha value is -1.29. The van der Waals surface area contributed by atoms with E-state index in [4.69, 9.17) is 9.47 Å². The molecule has 17 heavy (non-hydrogen) atoms. The van der Waals surface area contributed by atoms with Crippen LogP contribution in [0, 0.1) is 0 Å². The molecule has 1 heterocycles. The third-order valence-corrected chi connectivity index (χ3v) is 2.96. The van der Waals surface area contributed by atoms with Gasteiger partial charge in [0.1, 0.15) is 19.4 Å².